The highest BCUT2D eigenvalue weighted by Crippen LogP contribution is 2.43. The van der Waals surface area contributed by atoms with E-state index in [1.807, 2.05) is 0 Å². The van der Waals surface area contributed by atoms with Gasteiger partial charge < -0.3 is 9.13 Å². The molecule has 93 heavy (non-hydrogen) atoms. The van der Waals surface area contributed by atoms with Gasteiger partial charge >= 0.3 is 0 Å². The van der Waals surface area contributed by atoms with Gasteiger partial charge in [-0.2, -0.15) is 9.97 Å². The van der Waals surface area contributed by atoms with E-state index < -0.39 is 0 Å². The van der Waals surface area contributed by atoms with Crippen LogP contribution in [0.2, 0.25) is 0 Å². The lowest BCUT2D eigenvalue weighted by Crippen LogP contribution is -2.06. The molecule has 0 bridgehead atoms. The Labute approximate surface area is 537 Å². The first kappa shape index (κ1) is 53.5. The minimum atomic E-state index is 0.521. The summed E-state index contributed by atoms with van der Waals surface area (Å²) in [6, 6.07) is 122. The summed E-state index contributed by atoms with van der Waals surface area (Å²) in [5.74, 6) is 1.68. The minimum Gasteiger partial charge on any atom is -0.309 e. The predicted molar refractivity (Wildman–Crippen MR) is 386 cm³/mol. The van der Waals surface area contributed by atoms with Gasteiger partial charge in [0.1, 0.15) is 0 Å². The number of aromatic nitrogens is 6. The van der Waals surface area contributed by atoms with E-state index in [4.69, 9.17) is 15.0 Å². The summed E-state index contributed by atoms with van der Waals surface area (Å²) in [4.78, 5) is 16.3. The third-order valence-electron chi connectivity index (χ3n) is 18.5. The smallest absolute Gasteiger partial charge is 0.238 e. The van der Waals surface area contributed by atoms with Crippen molar-refractivity contribution in [1.29, 1.82) is 0 Å². The zero-order valence-electron chi connectivity index (χ0n) is 50.5. The van der Waals surface area contributed by atoms with Crippen molar-refractivity contribution in [1.82, 2.24) is 28.7 Å². The fourth-order valence-corrected chi connectivity index (χ4v) is 13.9. The van der Waals surface area contributed by atoms with Gasteiger partial charge in [0.05, 0.1) is 33.1 Å². The minimum absolute atomic E-state index is 0.521. The average Bonchev–Trinajstić information content (AvgIpc) is 1.58. The highest BCUT2D eigenvalue weighted by Gasteiger charge is 2.23. The summed E-state index contributed by atoms with van der Waals surface area (Å²) in [6.45, 7) is 0. The Bertz CT molecular complexity index is 5310. The zero-order chi connectivity index (χ0) is 61.3. The summed E-state index contributed by atoms with van der Waals surface area (Å²) >= 11 is 0. The molecule has 4 heterocycles. The van der Waals surface area contributed by atoms with Crippen molar-refractivity contribution in [2.45, 2.75) is 0 Å². The van der Waals surface area contributed by atoms with E-state index in [9.17, 15) is 0 Å². The molecule has 0 atom stereocenters. The van der Waals surface area contributed by atoms with Gasteiger partial charge in [0.25, 0.3) is 0 Å². The number of benzene rings is 14. The second-order valence-electron chi connectivity index (χ2n) is 24.0. The van der Waals surface area contributed by atoms with Crippen molar-refractivity contribution in [3.8, 4) is 107 Å². The molecule has 6 heteroatoms. The van der Waals surface area contributed by atoms with E-state index in [0.717, 1.165) is 88.6 Å². The second-order valence-corrected chi connectivity index (χ2v) is 24.0. The van der Waals surface area contributed by atoms with Crippen LogP contribution in [0.3, 0.4) is 0 Å². The first-order chi connectivity index (χ1) is 46.1. The molecule has 0 unspecified atom stereocenters. The standard InChI is InChI=1S/C87H56N6/c1-7-19-57(20-8-1)63-31-35-65(36-32-63)85-88-86(66-37-33-64(34-38-66)58-21-9-2-10-22-58)90-87(89-85)93-83-49-43-71(91-79-45-39-67(59-23-11-3-12-24-59)51-73(79)74-52-68(40-46-80(74)91)60-25-13-4-14-26-60)55-77(83)78-56-72(44-50-84(78)93)92-81-47-41-69(61-27-15-5-16-28-61)53-75(81)76-54-70(42-48-82(76)92)62-29-17-6-18-30-62/h1-56H. The molecule has 0 aliphatic carbocycles. The molecule has 0 saturated carbocycles. The van der Waals surface area contributed by atoms with Crippen LogP contribution in [0.5, 0.6) is 0 Å². The van der Waals surface area contributed by atoms with Crippen molar-refractivity contribution >= 4 is 65.4 Å². The quantitative estimate of drug-likeness (QED) is 0.130. The van der Waals surface area contributed by atoms with Gasteiger partial charge in [-0.3, -0.25) is 4.57 Å². The Kier molecular flexibility index (Phi) is 12.8. The van der Waals surface area contributed by atoms with Crippen molar-refractivity contribution < 1.29 is 0 Å². The number of fused-ring (bicyclic) bond motifs is 9. The Hall–Kier alpha value is -12.5. The fraction of sp³-hybridized carbons (Fsp3) is 0. The molecule has 0 saturated heterocycles. The topological polar surface area (TPSA) is 53.5 Å². The zero-order valence-corrected chi connectivity index (χ0v) is 50.5. The lowest BCUT2D eigenvalue weighted by Gasteiger charge is -2.13. The Balaban J connectivity index is 0.886. The molecule has 0 aliphatic heterocycles. The molecule has 0 fully saturated rings. The molecule has 6 nitrogen and oxygen atoms in total. The van der Waals surface area contributed by atoms with Crippen LogP contribution in [-0.2, 0) is 0 Å². The highest BCUT2D eigenvalue weighted by atomic mass is 15.2. The van der Waals surface area contributed by atoms with Gasteiger partial charge in [0.15, 0.2) is 11.6 Å². The SMILES string of the molecule is c1ccc(-c2ccc(-c3nc(-c4ccc(-c5ccccc5)cc4)nc(-n4c5ccc(-n6c7ccc(-c8ccccc8)cc7c7cc(-c8ccccc8)ccc76)cc5c5cc(-n6c7ccc(-c8ccccc8)cc7c7cc(-c8ccccc8)ccc76)ccc54)n3)cc2)cc1. The maximum atomic E-state index is 5.51. The molecule has 18 aromatic rings. The largest absolute Gasteiger partial charge is 0.309 e. The van der Waals surface area contributed by atoms with Crippen LogP contribution >= 0.6 is 0 Å². The maximum absolute atomic E-state index is 5.51. The monoisotopic (exact) mass is 1180 g/mol. The van der Waals surface area contributed by atoms with Crippen LogP contribution in [0.25, 0.3) is 172 Å². The first-order valence-electron chi connectivity index (χ1n) is 31.6. The van der Waals surface area contributed by atoms with Crippen molar-refractivity contribution in [2.24, 2.45) is 0 Å². The van der Waals surface area contributed by atoms with Crippen LogP contribution in [0, 0.1) is 0 Å². The number of hydrogen-bond donors (Lipinski definition) is 0. The van der Waals surface area contributed by atoms with E-state index in [-0.39, 0.29) is 0 Å². The van der Waals surface area contributed by atoms with Crippen molar-refractivity contribution in [3.05, 3.63) is 340 Å². The number of hydrogen-bond acceptors (Lipinski definition) is 3. The molecule has 0 amide bonds. The summed E-state index contributed by atoms with van der Waals surface area (Å²) in [7, 11) is 0. The van der Waals surface area contributed by atoms with Crippen LogP contribution in [0.1, 0.15) is 0 Å². The van der Waals surface area contributed by atoms with Crippen LogP contribution in [0.15, 0.2) is 340 Å². The van der Waals surface area contributed by atoms with Gasteiger partial charge in [-0.05, 0) is 152 Å². The fourth-order valence-electron chi connectivity index (χ4n) is 13.9. The van der Waals surface area contributed by atoms with E-state index >= 15 is 0 Å². The van der Waals surface area contributed by atoms with Crippen LogP contribution in [0.4, 0.5) is 0 Å². The van der Waals surface area contributed by atoms with Crippen molar-refractivity contribution in [3.63, 3.8) is 0 Å². The van der Waals surface area contributed by atoms with E-state index in [1.54, 1.807) is 0 Å². The molecule has 18 rings (SSSR count). The number of nitrogens with zero attached hydrogens (tertiary/aromatic N) is 6. The molecule has 14 aromatic carbocycles. The predicted octanol–water partition coefficient (Wildman–Crippen LogP) is 22.5. The van der Waals surface area contributed by atoms with Gasteiger partial charge in [-0.15, -0.1) is 0 Å². The normalized spacial score (nSPS) is 11.7. The van der Waals surface area contributed by atoms with Gasteiger partial charge in [-0.1, -0.05) is 255 Å². The number of rotatable bonds is 11. The molecule has 0 N–H and O–H groups in total. The average molecular weight is 1190 g/mol. The molecule has 434 valence electrons. The van der Waals surface area contributed by atoms with Gasteiger partial charge in [-0.25, -0.2) is 4.98 Å². The second kappa shape index (κ2) is 22.2. The van der Waals surface area contributed by atoms with Crippen LogP contribution < -0.4 is 0 Å². The van der Waals surface area contributed by atoms with Gasteiger partial charge in [0, 0.05) is 54.8 Å². The van der Waals surface area contributed by atoms with E-state index in [1.165, 1.54) is 66.1 Å². The highest BCUT2D eigenvalue weighted by molar-refractivity contribution is 6.15. The van der Waals surface area contributed by atoms with E-state index in [2.05, 4.69) is 353 Å². The third kappa shape index (κ3) is 9.39. The maximum Gasteiger partial charge on any atom is 0.238 e. The van der Waals surface area contributed by atoms with Crippen molar-refractivity contribution in [2.75, 3.05) is 0 Å². The molecule has 0 radical (unpaired) electrons. The molecular formula is C87H56N6. The lowest BCUT2D eigenvalue weighted by molar-refractivity contribution is 0.953. The van der Waals surface area contributed by atoms with Gasteiger partial charge in [0.2, 0.25) is 5.95 Å². The summed E-state index contributed by atoms with van der Waals surface area (Å²) in [6.07, 6.45) is 0. The molecule has 0 spiro atoms. The molecule has 4 aromatic heterocycles. The Morgan fingerprint density at radius 2 is 0.376 bits per heavy atom. The Morgan fingerprint density at radius 1 is 0.161 bits per heavy atom. The molecular weight excluding hydrogens is 1130 g/mol. The van der Waals surface area contributed by atoms with Crippen LogP contribution in [-0.4, -0.2) is 28.7 Å². The third-order valence-corrected chi connectivity index (χ3v) is 18.5. The molecule has 0 aliphatic rings. The summed E-state index contributed by atoms with van der Waals surface area (Å²) in [5, 5.41) is 6.86. The Morgan fingerprint density at radius 3 is 0.667 bits per heavy atom. The van der Waals surface area contributed by atoms with E-state index in [0.29, 0.717) is 17.6 Å². The lowest BCUT2D eigenvalue weighted by atomic mass is 10.0. The summed E-state index contributed by atoms with van der Waals surface area (Å²) in [5.41, 5.74) is 24.2. The summed E-state index contributed by atoms with van der Waals surface area (Å²) < 4.78 is 7.14. The first-order valence-corrected chi connectivity index (χ1v) is 31.6.